The Bertz CT molecular complexity index is 510. The van der Waals surface area contributed by atoms with Crippen molar-refractivity contribution in [1.29, 1.82) is 0 Å². The molecule has 7 nitrogen and oxygen atoms in total. The van der Waals surface area contributed by atoms with Gasteiger partial charge in [-0.2, -0.15) is 0 Å². The highest BCUT2D eigenvalue weighted by Crippen LogP contribution is 2.28. The van der Waals surface area contributed by atoms with E-state index in [1.165, 1.54) is 5.38 Å². The number of nitrogens with zero attached hydrogens (tertiary/aromatic N) is 1. The van der Waals surface area contributed by atoms with Crippen LogP contribution in [-0.4, -0.2) is 41.0 Å². The predicted molar refractivity (Wildman–Crippen MR) is 67.1 cm³/mol. The molecular formula is C11H13N3O4S. The minimum absolute atomic E-state index is 0.0247. The van der Waals surface area contributed by atoms with Crippen LogP contribution in [0.4, 0.5) is 0 Å². The van der Waals surface area contributed by atoms with Gasteiger partial charge in [0.1, 0.15) is 0 Å². The zero-order valence-corrected chi connectivity index (χ0v) is 10.8. The SMILES string of the molecule is O=C(O)c1csc(C(=O)NCCNC(=O)C2CC2)n1. The first kappa shape index (κ1) is 13.5. The van der Waals surface area contributed by atoms with Crippen LogP contribution in [0.3, 0.4) is 0 Å². The molecule has 0 aromatic carbocycles. The fraction of sp³-hybridized carbons (Fsp3) is 0.455. The predicted octanol–water partition coefficient (Wildman–Crippen LogP) is 0.0973. The van der Waals surface area contributed by atoms with Gasteiger partial charge in [-0.3, -0.25) is 9.59 Å². The van der Waals surface area contributed by atoms with Crippen LogP contribution in [0.5, 0.6) is 0 Å². The van der Waals surface area contributed by atoms with Gasteiger partial charge < -0.3 is 15.7 Å². The molecule has 0 bridgehead atoms. The molecule has 1 aliphatic carbocycles. The Hall–Kier alpha value is -1.96. The maximum absolute atomic E-state index is 11.6. The van der Waals surface area contributed by atoms with Crippen LogP contribution in [0.25, 0.3) is 0 Å². The normalized spacial score (nSPS) is 13.9. The Labute approximate surface area is 113 Å². The Morgan fingerprint density at radius 2 is 2.00 bits per heavy atom. The molecule has 0 atom stereocenters. The zero-order valence-electron chi connectivity index (χ0n) is 10.0. The topological polar surface area (TPSA) is 108 Å². The van der Waals surface area contributed by atoms with Gasteiger partial charge in [-0.05, 0) is 12.8 Å². The first-order valence-corrected chi connectivity index (χ1v) is 6.70. The third kappa shape index (κ3) is 3.75. The molecule has 102 valence electrons. The van der Waals surface area contributed by atoms with Crippen LogP contribution in [0.1, 0.15) is 33.1 Å². The molecule has 1 heterocycles. The first-order chi connectivity index (χ1) is 9.08. The van der Waals surface area contributed by atoms with Crippen molar-refractivity contribution in [3.05, 3.63) is 16.1 Å². The van der Waals surface area contributed by atoms with E-state index in [1.54, 1.807) is 0 Å². The Balaban J connectivity index is 1.71. The largest absolute Gasteiger partial charge is 0.476 e. The Morgan fingerprint density at radius 3 is 2.58 bits per heavy atom. The summed E-state index contributed by atoms with van der Waals surface area (Å²) < 4.78 is 0. The first-order valence-electron chi connectivity index (χ1n) is 5.82. The molecule has 3 N–H and O–H groups in total. The number of carbonyl (C=O) groups is 3. The molecule has 1 aliphatic rings. The van der Waals surface area contributed by atoms with Gasteiger partial charge in [-0.1, -0.05) is 0 Å². The molecule has 0 spiro atoms. The van der Waals surface area contributed by atoms with Crippen molar-refractivity contribution < 1.29 is 19.5 Å². The molecule has 0 unspecified atom stereocenters. The number of hydrogen-bond donors (Lipinski definition) is 3. The van der Waals surface area contributed by atoms with Gasteiger partial charge in [-0.25, -0.2) is 9.78 Å². The van der Waals surface area contributed by atoms with E-state index in [2.05, 4.69) is 15.6 Å². The van der Waals surface area contributed by atoms with E-state index in [4.69, 9.17) is 5.11 Å². The highest BCUT2D eigenvalue weighted by atomic mass is 32.1. The molecule has 0 radical (unpaired) electrons. The lowest BCUT2D eigenvalue weighted by Crippen LogP contribution is -2.35. The number of carboxylic acids is 1. The van der Waals surface area contributed by atoms with Crippen molar-refractivity contribution in [2.24, 2.45) is 5.92 Å². The number of aromatic nitrogens is 1. The molecule has 1 saturated carbocycles. The number of hydrogen-bond acceptors (Lipinski definition) is 5. The van der Waals surface area contributed by atoms with Crippen molar-refractivity contribution in [1.82, 2.24) is 15.6 Å². The van der Waals surface area contributed by atoms with E-state index in [-0.39, 0.29) is 22.5 Å². The molecule has 0 aliphatic heterocycles. The van der Waals surface area contributed by atoms with E-state index in [1.807, 2.05) is 0 Å². The standard InChI is InChI=1S/C11H13N3O4S/c15-8(6-1-2-6)12-3-4-13-9(16)10-14-7(5-19-10)11(17)18/h5-6H,1-4H2,(H,12,15)(H,13,16)(H,17,18). The third-order valence-corrected chi connectivity index (χ3v) is 3.42. The Morgan fingerprint density at radius 1 is 1.32 bits per heavy atom. The lowest BCUT2D eigenvalue weighted by molar-refractivity contribution is -0.122. The number of amides is 2. The van der Waals surface area contributed by atoms with Gasteiger partial charge in [0.15, 0.2) is 10.7 Å². The van der Waals surface area contributed by atoms with Crippen molar-refractivity contribution in [3.63, 3.8) is 0 Å². The second-order valence-corrected chi connectivity index (χ2v) is 5.02. The smallest absolute Gasteiger partial charge is 0.355 e. The van der Waals surface area contributed by atoms with Crippen LogP contribution in [0.15, 0.2) is 5.38 Å². The van der Waals surface area contributed by atoms with Gasteiger partial charge in [0.2, 0.25) is 5.91 Å². The molecule has 19 heavy (non-hydrogen) atoms. The summed E-state index contributed by atoms with van der Waals surface area (Å²) in [5.41, 5.74) is -0.141. The van der Waals surface area contributed by atoms with Crippen LogP contribution in [-0.2, 0) is 4.79 Å². The minimum Gasteiger partial charge on any atom is -0.476 e. The zero-order chi connectivity index (χ0) is 13.8. The maximum atomic E-state index is 11.6. The van der Waals surface area contributed by atoms with Crippen LogP contribution in [0, 0.1) is 5.92 Å². The highest BCUT2D eigenvalue weighted by Gasteiger charge is 2.29. The van der Waals surface area contributed by atoms with Crippen molar-refractivity contribution >= 4 is 29.1 Å². The molecule has 2 amide bonds. The number of rotatable bonds is 6. The van der Waals surface area contributed by atoms with Crippen molar-refractivity contribution in [2.75, 3.05) is 13.1 Å². The van der Waals surface area contributed by atoms with E-state index in [0.29, 0.717) is 13.1 Å². The molecule has 2 rings (SSSR count). The van der Waals surface area contributed by atoms with E-state index in [0.717, 1.165) is 24.2 Å². The second-order valence-electron chi connectivity index (χ2n) is 4.16. The molecule has 8 heteroatoms. The molecular weight excluding hydrogens is 270 g/mol. The highest BCUT2D eigenvalue weighted by molar-refractivity contribution is 7.11. The average Bonchev–Trinajstić information content (AvgIpc) is 3.10. The average molecular weight is 283 g/mol. The molecule has 1 aromatic rings. The number of carboxylic acid groups (broad SMARTS) is 1. The number of carbonyl (C=O) groups excluding carboxylic acids is 2. The van der Waals surface area contributed by atoms with E-state index < -0.39 is 11.9 Å². The lowest BCUT2D eigenvalue weighted by atomic mass is 10.4. The lowest BCUT2D eigenvalue weighted by Gasteiger charge is -2.04. The number of nitrogens with one attached hydrogen (secondary N) is 2. The fourth-order valence-corrected chi connectivity index (χ4v) is 2.11. The Kier molecular flexibility index (Phi) is 4.10. The van der Waals surface area contributed by atoms with Crippen molar-refractivity contribution in [3.8, 4) is 0 Å². The van der Waals surface area contributed by atoms with E-state index in [9.17, 15) is 14.4 Å². The van der Waals surface area contributed by atoms with Crippen molar-refractivity contribution in [2.45, 2.75) is 12.8 Å². The minimum atomic E-state index is -1.16. The summed E-state index contributed by atoms with van der Waals surface area (Å²) in [5.74, 6) is -1.42. The van der Waals surface area contributed by atoms with Gasteiger partial charge in [0.05, 0.1) is 0 Å². The number of thiazole rings is 1. The third-order valence-electron chi connectivity index (χ3n) is 2.58. The summed E-state index contributed by atoms with van der Waals surface area (Å²) >= 11 is 0.974. The van der Waals surface area contributed by atoms with Crippen LogP contribution >= 0.6 is 11.3 Å². The van der Waals surface area contributed by atoms with E-state index >= 15 is 0 Å². The molecule has 1 aromatic heterocycles. The quantitative estimate of drug-likeness (QED) is 0.641. The monoisotopic (exact) mass is 283 g/mol. The summed E-state index contributed by atoms with van der Waals surface area (Å²) in [6, 6.07) is 0. The molecule has 1 fully saturated rings. The fourth-order valence-electron chi connectivity index (χ4n) is 1.40. The summed E-state index contributed by atoms with van der Waals surface area (Å²) in [7, 11) is 0. The van der Waals surface area contributed by atoms with Gasteiger partial charge >= 0.3 is 5.97 Å². The second kappa shape index (κ2) is 5.79. The summed E-state index contributed by atoms with van der Waals surface area (Å²) in [6.45, 7) is 0.650. The summed E-state index contributed by atoms with van der Waals surface area (Å²) in [6.07, 6.45) is 1.88. The van der Waals surface area contributed by atoms with Crippen LogP contribution < -0.4 is 10.6 Å². The van der Waals surface area contributed by atoms with Gasteiger partial charge in [0, 0.05) is 24.4 Å². The van der Waals surface area contributed by atoms with Gasteiger partial charge in [0.25, 0.3) is 5.91 Å². The number of aromatic carboxylic acids is 1. The molecule has 0 saturated heterocycles. The van der Waals surface area contributed by atoms with Gasteiger partial charge in [-0.15, -0.1) is 11.3 Å². The maximum Gasteiger partial charge on any atom is 0.355 e. The van der Waals surface area contributed by atoms with Crippen LogP contribution in [0.2, 0.25) is 0 Å². The summed E-state index contributed by atoms with van der Waals surface area (Å²) in [5, 5.41) is 15.4. The summed E-state index contributed by atoms with van der Waals surface area (Å²) in [4.78, 5) is 37.2.